The molecule has 0 spiro atoms. The molecule has 122 valence electrons. The van der Waals surface area contributed by atoms with Gasteiger partial charge in [-0.2, -0.15) is 0 Å². The summed E-state index contributed by atoms with van der Waals surface area (Å²) in [6.07, 6.45) is 2.41. The van der Waals surface area contributed by atoms with Gasteiger partial charge < -0.3 is 5.32 Å². The molecule has 1 saturated carbocycles. The van der Waals surface area contributed by atoms with Gasteiger partial charge in [0.25, 0.3) is 5.56 Å². The average molecular weight is 331 g/mol. The van der Waals surface area contributed by atoms with Crippen molar-refractivity contribution < 1.29 is 4.79 Å². The molecule has 1 aliphatic carbocycles. The van der Waals surface area contributed by atoms with E-state index in [4.69, 9.17) is 0 Å². The highest BCUT2D eigenvalue weighted by Crippen LogP contribution is 2.32. The van der Waals surface area contributed by atoms with E-state index in [9.17, 15) is 9.59 Å². The van der Waals surface area contributed by atoms with Crippen molar-refractivity contribution in [2.24, 2.45) is 5.92 Å². The van der Waals surface area contributed by atoms with Crippen LogP contribution < -0.4 is 10.9 Å². The zero-order valence-electron chi connectivity index (χ0n) is 13.4. The first kappa shape index (κ1) is 16.1. The van der Waals surface area contributed by atoms with Gasteiger partial charge in [-0.3, -0.25) is 14.2 Å². The summed E-state index contributed by atoms with van der Waals surface area (Å²) in [5.41, 5.74) is 0.629. The topological polar surface area (TPSA) is 64.0 Å². The first-order chi connectivity index (χ1) is 11.1. The van der Waals surface area contributed by atoms with E-state index < -0.39 is 0 Å². The molecule has 0 radical (unpaired) electrons. The quantitative estimate of drug-likeness (QED) is 0.652. The molecule has 0 saturated heterocycles. The standard InChI is InChI=1S/C17H21N3O2S/c1-3-20-16(22)13-6-4-5-7-14(13)19-17(20)23-10-15(21)18-11(2)12-8-9-12/h4-7,11-12H,3,8-10H2,1-2H3,(H,18,21)/t11-/m1/s1. The van der Waals surface area contributed by atoms with Crippen molar-refractivity contribution in [3.63, 3.8) is 0 Å². The van der Waals surface area contributed by atoms with Crippen LogP contribution in [0.1, 0.15) is 26.7 Å². The van der Waals surface area contributed by atoms with E-state index in [0.29, 0.717) is 28.5 Å². The molecule has 1 aliphatic rings. The zero-order valence-corrected chi connectivity index (χ0v) is 14.2. The Morgan fingerprint density at radius 3 is 2.87 bits per heavy atom. The molecule has 6 heteroatoms. The summed E-state index contributed by atoms with van der Waals surface area (Å²) in [5.74, 6) is 0.915. The van der Waals surface area contributed by atoms with Gasteiger partial charge in [-0.05, 0) is 44.7 Å². The SMILES string of the molecule is CCn1c(SCC(=O)N[C@H](C)C2CC2)nc2ccccc2c1=O. The number of rotatable bonds is 6. The predicted octanol–water partition coefficient (Wildman–Crippen LogP) is 2.42. The minimum Gasteiger partial charge on any atom is -0.353 e. The molecular formula is C17H21N3O2S. The summed E-state index contributed by atoms with van der Waals surface area (Å²) in [7, 11) is 0. The fraction of sp³-hybridized carbons (Fsp3) is 0.471. The number of nitrogens with zero attached hydrogens (tertiary/aromatic N) is 2. The van der Waals surface area contributed by atoms with Crippen LogP contribution in [0.15, 0.2) is 34.2 Å². The molecule has 1 aromatic carbocycles. The number of fused-ring (bicyclic) bond motifs is 1. The molecule has 0 aliphatic heterocycles. The highest BCUT2D eigenvalue weighted by atomic mass is 32.2. The molecule has 0 bridgehead atoms. The van der Waals surface area contributed by atoms with E-state index in [0.717, 1.165) is 0 Å². The van der Waals surface area contributed by atoms with Crippen molar-refractivity contribution >= 4 is 28.6 Å². The molecule has 2 aromatic rings. The first-order valence-electron chi connectivity index (χ1n) is 8.02. The van der Waals surface area contributed by atoms with Gasteiger partial charge in [0.15, 0.2) is 5.16 Å². The van der Waals surface area contributed by atoms with Crippen molar-refractivity contribution in [2.75, 3.05) is 5.75 Å². The van der Waals surface area contributed by atoms with E-state index in [2.05, 4.69) is 17.2 Å². The van der Waals surface area contributed by atoms with Crippen LogP contribution >= 0.6 is 11.8 Å². The number of hydrogen-bond acceptors (Lipinski definition) is 4. The van der Waals surface area contributed by atoms with E-state index in [1.807, 2.05) is 25.1 Å². The number of aromatic nitrogens is 2. The Hall–Kier alpha value is -1.82. The summed E-state index contributed by atoms with van der Waals surface area (Å²) in [4.78, 5) is 29.1. The third kappa shape index (κ3) is 3.58. The molecule has 3 rings (SSSR count). The molecule has 0 unspecified atom stereocenters. The molecule has 1 aromatic heterocycles. The van der Waals surface area contributed by atoms with Crippen LogP contribution in [0.2, 0.25) is 0 Å². The van der Waals surface area contributed by atoms with Gasteiger partial charge in [-0.15, -0.1) is 0 Å². The van der Waals surface area contributed by atoms with Gasteiger partial charge in [-0.25, -0.2) is 4.98 Å². The second-order valence-electron chi connectivity index (χ2n) is 5.94. The Kier molecular flexibility index (Phi) is 4.71. The fourth-order valence-corrected chi connectivity index (χ4v) is 3.55. The lowest BCUT2D eigenvalue weighted by atomic mass is 10.2. The minimum atomic E-state index is -0.0487. The Bertz CT molecular complexity index is 783. The van der Waals surface area contributed by atoms with Crippen LogP contribution in [0.25, 0.3) is 10.9 Å². The predicted molar refractivity (Wildman–Crippen MR) is 92.7 cm³/mol. The number of carbonyl (C=O) groups is 1. The molecule has 5 nitrogen and oxygen atoms in total. The van der Waals surface area contributed by atoms with Gasteiger partial charge in [0, 0.05) is 12.6 Å². The van der Waals surface area contributed by atoms with E-state index in [1.165, 1.54) is 24.6 Å². The number of thioether (sulfide) groups is 1. The van der Waals surface area contributed by atoms with E-state index in [-0.39, 0.29) is 23.3 Å². The first-order valence-corrected chi connectivity index (χ1v) is 9.00. The molecular weight excluding hydrogens is 310 g/mol. The number of benzene rings is 1. The third-order valence-electron chi connectivity index (χ3n) is 4.19. The van der Waals surface area contributed by atoms with Crippen molar-refractivity contribution in [1.82, 2.24) is 14.9 Å². The molecule has 1 heterocycles. The highest BCUT2D eigenvalue weighted by Gasteiger charge is 2.28. The van der Waals surface area contributed by atoms with Gasteiger partial charge in [0.05, 0.1) is 16.7 Å². The number of para-hydroxylation sites is 1. The van der Waals surface area contributed by atoms with Gasteiger partial charge in [0.1, 0.15) is 0 Å². The largest absolute Gasteiger partial charge is 0.353 e. The lowest BCUT2D eigenvalue weighted by Crippen LogP contribution is -2.35. The highest BCUT2D eigenvalue weighted by molar-refractivity contribution is 7.99. The second-order valence-corrected chi connectivity index (χ2v) is 6.89. The van der Waals surface area contributed by atoms with E-state index in [1.54, 1.807) is 10.6 Å². The van der Waals surface area contributed by atoms with E-state index >= 15 is 0 Å². The lowest BCUT2D eigenvalue weighted by molar-refractivity contribution is -0.119. The summed E-state index contributed by atoms with van der Waals surface area (Å²) >= 11 is 1.32. The Morgan fingerprint density at radius 1 is 1.43 bits per heavy atom. The number of amides is 1. The maximum Gasteiger partial charge on any atom is 0.262 e. The van der Waals surface area contributed by atoms with Crippen LogP contribution in [0.3, 0.4) is 0 Å². The maximum absolute atomic E-state index is 12.5. The summed E-state index contributed by atoms with van der Waals surface area (Å²) in [6, 6.07) is 7.56. The molecule has 1 atom stereocenters. The van der Waals surface area contributed by atoms with Crippen LogP contribution in [0, 0.1) is 5.92 Å². The van der Waals surface area contributed by atoms with Crippen LogP contribution in [0.5, 0.6) is 0 Å². The Balaban J connectivity index is 1.76. The lowest BCUT2D eigenvalue weighted by Gasteiger charge is -2.14. The average Bonchev–Trinajstić information content (AvgIpc) is 3.38. The minimum absolute atomic E-state index is 0.000499. The van der Waals surface area contributed by atoms with Crippen molar-refractivity contribution in [3.8, 4) is 0 Å². The van der Waals surface area contributed by atoms with Crippen LogP contribution in [0.4, 0.5) is 0 Å². The Labute approximate surface area is 139 Å². The molecule has 1 fully saturated rings. The van der Waals surface area contributed by atoms with Gasteiger partial charge in [0.2, 0.25) is 5.91 Å². The maximum atomic E-state index is 12.5. The van der Waals surface area contributed by atoms with Crippen LogP contribution in [-0.2, 0) is 11.3 Å². The van der Waals surface area contributed by atoms with Gasteiger partial charge in [-0.1, -0.05) is 23.9 Å². The van der Waals surface area contributed by atoms with Crippen LogP contribution in [-0.4, -0.2) is 27.3 Å². The van der Waals surface area contributed by atoms with Crippen molar-refractivity contribution in [1.29, 1.82) is 0 Å². The van der Waals surface area contributed by atoms with Crippen molar-refractivity contribution in [2.45, 2.75) is 44.4 Å². The fourth-order valence-electron chi connectivity index (χ4n) is 2.68. The summed E-state index contributed by atoms with van der Waals surface area (Å²) < 4.78 is 1.63. The number of nitrogens with one attached hydrogen (secondary N) is 1. The second kappa shape index (κ2) is 6.74. The smallest absolute Gasteiger partial charge is 0.262 e. The molecule has 23 heavy (non-hydrogen) atoms. The normalized spacial score (nSPS) is 15.6. The zero-order chi connectivity index (χ0) is 16.4. The molecule has 1 N–H and O–H groups in total. The Morgan fingerprint density at radius 2 is 2.17 bits per heavy atom. The molecule has 1 amide bonds. The summed E-state index contributed by atoms with van der Waals surface area (Å²) in [5, 5.41) is 4.24. The monoisotopic (exact) mass is 331 g/mol. The van der Waals surface area contributed by atoms with Gasteiger partial charge >= 0.3 is 0 Å². The number of carbonyl (C=O) groups excluding carboxylic acids is 1. The summed E-state index contributed by atoms with van der Waals surface area (Å²) in [6.45, 7) is 4.51. The van der Waals surface area contributed by atoms with Crippen molar-refractivity contribution in [3.05, 3.63) is 34.6 Å². The third-order valence-corrected chi connectivity index (χ3v) is 5.17. The number of hydrogen-bond donors (Lipinski definition) is 1.